The molecule has 4 aliphatic rings. The molecular formula is C23H33NO4. The number of oxime groups is 1. The molecule has 0 amide bonds. The SMILES string of the molecule is CC(=O)[C@H]1CCC2C3CCC4=C/C(=N/OCC(=O)O)CC[C@]4(C)C3CC[C@@]21C. The summed E-state index contributed by atoms with van der Waals surface area (Å²) in [6.07, 6.45) is 11.1. The molecule has 0 spiro atoms. The average molecular weight is 388 g/mol. The first-order chi connectivity index (χ1) is 13.3. The van der Waals surface area contributed by atoms with Crippen molar-refractivity contribution in [3.8, 4) is 0 Å². The number of carbonyl (C=O) groups excluding carboxylic acids is 1. The van der Waals surface area contributed by atoms with Gasteiger partial charge in [0.25, 0.3) is 0 Å². The molecule has 0 bridgehead atoms. The van der Waals surface area contributed by atoms with E-state index in [0.717, 1.165) is 37.3 Å². The summed E-state index contributed by atoms with van der Waals surface area (Å²) in [5.74, 6) is 1.77. The molecule has 0 aromatic heterocycles. The third-order valence-electron chi connectivity index (χ3n) is 8.84. The molecule has 28 heavy (non-hydrogen) atoms. The molecule has 3 fully saturated rings. The first-order valence-electron chi connectivity index (χ1n) is 10.9. The van der Waals surface area contributed by atoms with Crippen LogP contribution in [0, 0.1) is 34.5 Å². The van der Waals surface area contributed by atoms with Crippen LogP contribution in [0.25, 0.3) is 0 Å². The zero-order chi connectivity index (χ0) is 20.1. The molecule has 0 heterocycles. The Morgan fingerprint density at radius 3 is 2.64 bits per heavy atom. The third-order valence-corrected chi connectivity index (χ3v) is 8.84. The first kappa shape index (κ1) is 19.7. The van der Waals surface area contributed by atoms with Gasteiger partial charge in [0.1, 0.15) is 5.78 Å². The van der Waals surface area contributed by atoms with E-state index in [4.69, 9.17) is 9.94 Å². The Morgan fingerprint density at radius 1 is 1.14 bits per heavy atom. The molecule has 3 saturated carbocycles. The molecule has 6 atom stereocenters. The summed E-state index contributed by atoms with van der Waals surface area (Å²) in [5, 5.41) is 12.8. The summed E-state index contributed by atoms with van der Waals surface area (Å²) in [6.45, 7) is 6.24. The van der Waals surface area contributed by atoms with E-state index in [2.05, 4.69) is 25.1 Å². The fourth-order valence-electron chi connectivity index (χ4n) is 7.48. The van der Waals surface area contributed by atoms with Crippen LogP contribution in [0.3, 0.4) is 0 Å². The second kappa shape index (κ2) is 7.00. The van der Waals surface area contributed by atoms with Crippen molar-refractivity contribution in [3.63, 3.8) is 0 Å². The van der Waals surface area contributed by atoms with E-state index in [0.29, 0.717) is 17.6 Å². The van der Waals surface area contributed by atoms with Crippen molar-refractivity contribution in [3.05, 3.63) is 11.6 Å². The fraction of sp³-hybridized carbons (Fsp3) is 0.783. The number of carboxylic acid groups (broad SMARTS) is 1. The van der Waals surface area contributed by atoms with E-state index < -0.39 is 5.97 Å². The number of ketones is 1. The lowest BCUT2D eigenvalue weighted by Gasteiger charge is -2.58. The maximum Gasteiger partial charge on any atom is 0.344 e. The van der Waals surface area contributed by atoms with Crippen molar-refractivity contribution in [1.29, 1.82) is 0 Å². The van der Waals surface area contributed by atoms with Crippen LogP contribution < -0.4 is 0 Å². The Balaban J connectivity index is 1.55. The van der Waals surface area contributed by atoms with Crippen LogP contribution in [0.15, 0.2) is 16.8 Å². The number of allylic oxidation sites excluding steroid dienone is 2. The van der Waals surface area contributed by atoms with Gasteiger partial charge in [0.15, 0.2) is 0 Å². The highest BCUT2D eigenvalue weighted by atomic mass is 16.6. The number of hydrogen-bond donors (Lipinski definition) is 1. The fourth-order valence-corrected chi connectivity index (χ4v) is 7.48. The van der Waals surface area contributed by atoms with Gasteiger partial charge in [-0.15, -0.1) is 0 Å². The second-order valence-corrected chi connectivity index (χ2v) is 10.0. The van der Waals surface area contributed by atoms with Gasteiger partial charge >= 0.3 is 5.97 Å². The Kier molecular flexibility index (Phi) is 4.91. The Labute approximate surface area is 167 Å². The van der Waals surface area contributed by atoms with E-state index in [1.807, 2.05) is 0 Å². The number of carbonyl (C=O) groups is 2. The Hall–Kier alpha value is -1.65. The molecule has 4 aliphatic carbocycles. The summed E-state index contributed by atoms with van der Waals surface area (Å²) < 4.78 is 0. The van der Waals surface area contributed by atoms with Crippen LogP contribution in [-0.4, -0.2) is 29.2 Å². The topological polar surface area (TPSA) is 76.0 Å². The second-order valence-electron chi connectivity index (χ2n) is 10.0. The Morgan fingerprint density at radius 2 is 1.93 bits per heavy atom. The van der Waals surface area contributed by atoms with Crippen LogP contribution in [0.2, 0.25) is 0 Å². The molecule has 0 aromatic rings. The van der Waals surface area contributed by atoms with E-state index in [9.17, 15) is 9.59 Å². The minimum absolute atomic E-state index is 0.205. The van der Waals surface area contributed by atoms with Crippen molar-refractivity contribution >= 4 is 17.5 Å². The summed E-state index contributed by atoms with van der Waals surface area (Å²) >= 11 is 0. The lowest BCUT2D eigenvalue weighted by Crippen LogP contribution is -2.51. The monoisotopic (exact) mass is 387 g/mol. The van der Waals surface area contributed by atoms with E-state index >= 15 is 0 Å². The quantitative estimate of drug-likeness (QED) is 0.715. The van der Waals surface area contributed by atoms with Gasteiger partial charge < -0.3 is 9.94 Å². The Bertz CT molecular complexity index is 741. The molecule has 4 rings (SSSR count). The van der Waals surface area contributed by atoms with Crippen LogP contribution in [0.1, 0.15) is 72.1 Å². The lowest BCUT2D eigenvalue weighted by molar-refractivity contribution is -0.142. The number of aliphatic carboxylic acids is 1. The molecular weight excluding hydrogens is 354 g/mol. The maximum absolute atomic E-state index is 12.3. The molecule has 154 valence electrons. The van der Waals surface area contributed by atoms with Gasteiger partial charge in [-0.05, 0) is 93.0 Å². The van der Waals surface area contributed by atoms with Crippen LogP contribution >= 0.6 is 0 Å². The average Bonchev–Trinajstić information content (AvgIpc) is 2.99. The van der Waals surface area contributed by atoms with Crippen LogP contribution in [-0.2, 0) is 14.4 Å². The van der Waals surface area contributed by atoms with Crippen molar-refractivity contribution in [2.75, 3.05) is 6.61 Å². The molecule has 0 aliphatic heterocycles. The maximum atomic E-state index is 12.3. The van der Waals surface area contributed by atoms with Gasteiger partial charge in [-0.25, -0.2) is 4.79 Å². The van der Waals surface area contributed by atoms with Gasteiger partial charge in [-0.2, -0.15) is 0 Å². The first-order valence-corrected chi connectivity index (χ1v) is 10.9. The van der Waals surface area contributed by atoms with Crippen molar-refractivity contribution in [2.45, 2.75) is 72.1 Å². The van der Waals surface area contributed by atoms with Gasteiger partial charge in [0, 0.05) is 5.92 Å². The van der Waals surface area contributed by atoms with E-state index in [-0.39, 0.29) is 23.4 Å². The normalized spacial score (nSPS) is 43.5. The standard InChI is InChI=1S/C23H33NO4/c1-14(25)18-6-7-19-17-5-4-15-12-16(24-28-13-21(26)27)8-10-22(15,2)20(17)9-11-23(18,19)3/h12,17-20H,4-11,13H2,1-3H3,(H,26,27)/b24-16+/t17?,18-,19?,20?,22+,23-/m1/s1. The van der Waals surface area contributed by atoms with Crippen LogP contribution in [0.5, 0.6) is 0 Å². The van der Waals surface area contributed by atoms with E-state index in [1.54, 1.807) is 6.92 Å². The predicted octanol–water partition coefficient (Wildman–Crippen LogP) is 4.61. The summed E-state index contributed by atoms with van der Waals surface area (Å²) in [5.41, 5.74) is 2.77. The van der Waals surface area contributed by atoms with Crippen molar-refractivity contribution in [1.82, 2.24) is 0 Å². The number of carboxylic acids is 1. The minimum atomic E-state index is -0.996. The highest BCUT2D eigenvalue weighted by molar-refractivity contribution is 5.96. The largest absolute Gasteiger partial charge is 0.479 e. The summed E-state index contributed by atoms with van der Waals surface area (Å²) in [4.78, 5) is 27.8. The van der Waals surface area contributed by atoms with Gasteiger partial charge in [-0.1, -0.05) is 24.6 Å². The van der Waals surface area contributed by atoms with Gasteiger partial charge in [0.05, 0.1) is 5.71 Å². The van der Waals surface area contributed by atoms with E-state index in [1.165, 1.54) is 31.3 Å². The van der Waals surface area contributed by atoms with Gasteiger partial charge in [-0.3, -0.25) is 4.79 Å². The summed E-state index contributed by atoms with van der Waals surface area (Å²) in [7, 11) is 0. The molecule has 5 heteroatoms. The van der Waals surface area contributed by atoms with Crippen LogP contribution in [0.4, 0.5) is 0 Å². The molecule has 0 radical (unpaired) electrons. The third kappa shape index (κ3) is 3.02. The number of Topliss-reactive ketones (excluding diaryl/α,β-unsaturated/α-hetero) is 1. The van der Waals surface area contributed by atoms with Crippen molar-refractivity contribution < 1.29 is 19.5 Å². The molecule has 5 nitrogen and oxygen atoms in total. The highest BCUT2D eigenvalue weighted by Crippen LogP contribution is 2.66. The minimum Gasteiger partial charge on any atom is -0.479 e. The smallest absolute Gasteiger partial charge is 0.344 e. The molecule has 0 aromatic carbocycles. The number of nitrogens with zero attached hydrogens (tertiary/aromatic N) is 1. The lowest BCUT2D eigenvalue weighted by atomic mass is 9.46. The van der Waals surface area contributed by atoms with Gasteiger partial charge in [0.2, 0.25) is 6.61 Å². The highest BCUT2D eigenvalue weighted by Gasteiger charge is 2.59. The zero-order valence-corrected chi connectivity index (χ0v) is 17.4. The number of hydrogen-bond acceptors (Lipinski definition) is 4. The number of rotatable bonds is 4. The number of fused-ring (bicyclic) bond motifs is 5. The zero-order valence-electron chi connectivity index (χ0n) is 17.4. The summed E-state index contributed by atoms with van der Waals surface area (Å²) in [6, 6.07) is 0. The molecule has 0 saturated heterocycles. The predicted molar refractivity (Wildman–Crippen MR) is 107 cm³/mol. The molecule has 3 unspecified atom stereocenters. The molecule has 1 N–H and O–H groups in total. The van der Waals surface area contributed by atoms with Crippen molar-refractivity contribution in [2.24, 2.45) is 39.7 Å².